The fraction of sp³-hybridized carbons (Fsp3) is 0.0667. The van der Waals surface area contributed by atoms with Crippen molar-refractivity contribution in [3.8, 4) is 16.9 Å². The molecule has 110 valence electrons. The Labute approximate surface area is 126 Å². The Kier molecular flexibility index (Phi) is 3.63. The van der Waals surface area contributed by atoms with E-state index in [1.807, 2.05) is 12.1 Å². The van der Waals surface area contributed by atoms with Crippen molar-refractivity contribution in [1.82, 2.24) is 20.0 Å². The van der Waals surface area contributed by atoms with Gasteiger partial charge >= 0.3 is 5.97 Å². The fourth-order valence-corrected chi connectivity index (χ4v) is 2.20. The zero-order valence-corrected chi connectivity index (χ0v) is 11.5. The molecular weight excluding hydrogens is 282 g/mol. The molecule has 0 saturated carbocycles. The van der Waals surface area contributed by atoms with E-state index in [0.29, 0.717) is 11.4 Å². The highest BCUT2D eigenvalue weighted by Crippen LogP contribution is 2.24. The highest BCUT2D eigenvalue weighted by atomic mass is 16.4. The molecule has 2 aromatic heterocycles. The number of nitrogens with two attached hydrogens (primary N) is 1. The van der Waals surface area contributed by atoms with Crippen LogP contribution in [0.3, 0.4) is 0 Å². The molecule has 0 aliphatic heterocycles. The van der Waals surface area contributed by atoms with Crippen LogP contribution in [0.1, 0.15) is 16.1 Å². The third-order valence-electron chi connectivity index (χ3n) is 3.22. The molecule has 7 heteroatoms. The smallest absolute Gasteiger partial charge is 0.335 e. The lowest BCUT2D eigenvalue weighted by Gasteiger charge is -2.08. The van der Waals surface area contributed by atoms with E-state index in [9.17, 15) is 4.79 Å². The number of aromatic carboxylic acids is 1. The molecule has 3 N–H and O–H groups in total. The van der Waals surface area contributed by atoms with Crippen LogP contribution in [-0.4, -0.2) is 31.1 Å². The van der Waals surface area contributed by atoms with Gasteiger partial charge in [-0.3, -0.25) is 4.98 Å². The summed E-state index contributed by atoms with van der Waals surface area (Å²) < 4.78 is 1.59. The van der Waals surface area contributed by atoms with Crippen molar-refractivity contribution in [1.29, 1.82) is 0 Å². The van der Waals surface area contributed by atoms with E-state index in [0.717, 1.165) is 11.3 Å². The van der Waals surface area contributed by atoms with Crippen LogP contribution in [-0.2, 0) is 6.54 Å². The number of pyridine rings is 1. The van der Waals surface area contributed by atoms with Crippen LogP contribution in [0.25, 0.3) is 16.9 Å². The maximum Gasteiger partial charge on any atom is 0.335 e. The second-order valence-electron chi connectivity index (χ2n) is 4.59. The third-order valence-corrected chi connectivity index (χ3v) is 3.22. The van der Waals surface area contributed by atoms with Crippen LogP contribution < -0.4 is 5.73 Å². The van der Waals surface area contributed by atoms with Gasteiger partial charge in [-0.25, -0.2) is 9.48 Å². The van der Waals surface area contributed by atoms with E-state index >= 15 is 0 Å². The molecule has 2 heterocycles. The van der Waals surface area contributed by atoms with E-state index in [2.05, 4.69) is 15.3 Å². The summed E-state index contributed by atoms with van der Waals surface area (Å²) in [5, 5.41) is 17.3. The second-order valence-corrected chi connectivity index (χ2v) is 4.59. The number of carboxylic acid groups (broad SMARTS) is 1. The minimum absolute atomic E-state index is 0.183. The average Bonchev–Trinajstić information content (AvgIpc) is 2.99. The molecule has 0 unspecified atom stereocenters. The number of carbonyl (C=O) groups is 1. The largest absolute Gasteiger partial charge is 0.478 e. The van der Waals surface area contributed by atoms with Crippen LogP contribution in [0.2, 0.25) is 0 Å². The standard InChI is InChI=1S/C15H13N5O2/c16-9-13-14(10-4-6-17-7-5-10)20(19-18-13)12-3-1-2-11(8-12)15(21)22/h1-8H,9,16H2,(H,21,22). The van der Waals surface area contributed by atoms with E-state index in [4.69, 9.17) is 10.8 Å². The van der Waals surface area contributed by atoms with Gasteiger partial charge in [0.2, 0.25) is 0 Å². The van der Waals surface area contributed by atoms with Gasteiger partial charge < -0.3 is 10.8 Å². The lowest BCUT2D eigenvalue weighted by molar-refractivity contribution is 0.0697. The van der Waals surface area contributed by atoms with Crippen molar-refractivity contribution in [2.75, 3.05) is 0 Å². The molecular formula is C15H13N5O2. The van der Waals surface area contributed by atoms with Crippen LogP contribution in [0.4, 0.5) is 0 Å². The SMILES string of the molecule is NCc1nnn(-c2cccc(C(=O)O)c2)c1-c1ccncc1. The second kappa shape index (κ2) is 5.74. The molecule has 0 atom stereocenters. The van der Waals surface area contributed by atoms with E-state index in [1.165, 1.54) is 6.07 Å². The third kappa shape index (κ3) is 2.45. The summed E-state index contributed by atoms with van der Waals surface area (Å²) in [7, 11) is 0. The first-order chi connectivity index (χ1) is 10.7. The predicted molar refractivity (Wildman–Crippen MR) is 79.4 cm³/mol. The van der Waals surface area contributed by atoms with Crippen molar-refractivity contribution in [3.63, 3.8) is 0 Å². The molecule has 7 nitrogen and oxygen atoms in total. The molecule has 22 heavy (non-hydrogen) atoms. The zero-order chi connectivity index (χ0) is 15.5. The maximum atomic E-state index is 11.1. The Morgan fingerprint density at radius 2 is 2.00 bits per heavy atom. The summed E-state index contributed by atoms with van der Waals surface area (Å²) in [4.78, 5) is 15.1. The van der Waals surface area contributed by atoms with Crippen molar-refractivity contribution >= 4 is 5.97 Å². The molecule has 3 aromatic rings. The van der Waals surface area contributed by atoms with E-state index in [-0.39, 0.29) is 12.1 Å². The van der Waals surface area contributed by atoms with Gasteiger partial charge in [0.15, 0.2) is 0 Å². The number of benzene rings is 1. The molecule has 0 aliphatic rings. The molecule has 0 radical (unpaired) electrons. The lowest BCUT2D eigenvalue weighted by atomic mass is 10.1. The summed E-state index contributed by atoms with van der Waals surface area (Å²) in [6, 6.07) is 10.2. The Morgan fingerprint density at radius 3 is 2.68 bits per heavy atom. The molecule has 0 saturated heterocycles. The van der Waals surface area contributed by atoms with Crippen molar-refractivity contribution in [3.05, 3.63) is 60.0 Å². The highest BCUT2D eigenvalue weighted by molar-refractivity contribution is 5.88. The van der Waals surface area contributed by atoms with Crippen LogP contribution in [0, 0.1) is 0 Å². The van der Waals surface area contributed by atoms with Crippen molar-refractivity contribution in [2.45, 2.75) is 6.54 Å². The number of aromatic nitrogens is 4. The summed E-state index contributed by atoms with van der Waals surface area (Å²) in [5.74, 6) is -0.994. The van der Waals surface area contributed by atoms with Gasteiger partial charge in [-0.05, 0) is 30.3 Å². The first-order valence-electron chi connectivity index (χ1n) is 6.59. The molecule has 0 amide bonds. The Bertz CT molecular complexity index is 814. The monoisotopic (exact) mass is 295 g/mol. The predicted octanol–water partition coefficient (Wildman–Crippen LogP) is 1.49. The quantitative estimate of drug-likeness (QED) is 0.755. The van der Waals surface area contributed by atoms with Crippen LogP contribution in [0.5, 0.6) is 0 Å². The normalized spacial score (nSPS) is 10.6. The van der Waals surface area contributed by atoms with Crippen LogP contribution >= 0.6 is 0 Å². The van der Waals surface area contributed by atoms with Gasteiger partial charge in [0.05, 0.1) is 16.9 Å². The molecule has 3 rings (SSSR count). The van der Waals surface area contributed by atoms with Gasteiger partial charge in [0.1, 0.15) is 5.69 Å². The van der Waals surface area contributed by atoms with Crippen molar-refractivity contribution < 1.29 is 9.90 Å². The summed E-state index contributed by atoms with van der Waals surface area (Å²) in [6.07, 6.45) is 3.33. The lowest BCUT2D eigenvalue weighted by Crippen LogP contribution is -2.04. The zero-order valence-electron chi connectivity index (χ0n) is 11.5. The van der Waals surface area contributed by atoms with Crippen LogP contribution in [0.15, 0.2) is 48.8 Å². The molecule has 1 aromatic carbocycles. The molecule has 0 bridgehead atoms. The molecule has 0 aliphatic carbocycles. The number of carboxylic acids is 1. The van der Waals surface area contributed by atoms with Gasteiger partial charge in [-0.1, -0.05) is 11.3 Å². The van der Waals surface area contributed by atoms with Gasteiger partial charge in [0, 0.05) is 24.5 Å². The summed E-state index contributed by atoms with van der Waals surface area (Å²) in [6.45, 7) is 0.232. The number of nitrogens with zero attached hydrogens (tertiary/aromatic N) is 4. The average molecular weight is 295 g/mol. The number of hydrogen-bond donors (Lipinski definition) is 2. The molecule has 0 fully saturated rings. The van der Waals surface area contributed by atoms with E-state index < -0.39 is 5.97 Å². The minimum atomic E-state index is -0.994. The summed E-state index contributed by atoms with van der Waals surface area (Å²) >= 11 is 0. The first-order valence-corrected chi connectivity index (χ1v) is 6.59. The van der Waals surface area contributed by atoms with Gasteiger partial charge in [-0.2, -0.15) is 0 Å². The Morgan fingerprint density at radius 1 is 1.23 bits per heavy atom. The highest BCUT2D eigenvalue weighted by Gasteiger charge is 2.16. The van der Waals surface area contributed by atoms with Gasteiger partial charge in [-0.15, -0.1) is 5.10 Å². The fourth-order valence-electron chi connectivity index (χ4n) is 2.20. The number of hydrogen-bond acceptors (Lipinski definition) is 5. The van der Waals surface area contributed by atoms with E-state index in [1.54, 1.807) is 35.3 Å². The van der Waals surface area contributed by atoms with Crippen molar-refractivity contribution in [2.24, 2.45) is 5.73 Å². The van der Waals surface area contributed by atoms with Gasteiger partial charge in [0.25, 0.3) is 0 Å². The number of rotatable bonds is 4. The first kappa shape index (κ1) is 13.9. The Hall–Kier alpha value is -3.06. The minimum Gasteiger partial charge on any atom is -0.478 e. The summed E-state index contributed by atoms with van der Waals surface area (Å²) in [5.41, 5.74) is 8.75. The topological polar surface area (TPSA) is 107 Å². The Balaban J connectivity index is 2.18. The molecule has 0 spiro atoms. The maximum absolute atomic E-state index is 11.1.